The molecule has 0 amide bonds. The van der Waals surface area contributed by atoms with Crippen molar-refractivity contribution in [2.75, 3.05) is 24.0 Å². The Morgan fingerprint density at radius 2 is 1.96 bits per heavy atom. The maximum atomic E-state index is 5.38. The molecular weight excluding hydrogens is 292 g/mol. The first-order valence-electron chi connectivity index (χ1n) is 8.01. The van der Waals surface area contributed by atoms with Gasteiger partial charge in [0.15, 0.2) is 11.5 Å². The van der Waals surface area contributed by atoms with Crippen molar-refractivity contribution in [3.63, 3.8) is 0 Å². The third-order valence-corrected chi connectivity index (χ3v) is 3.57. The summed E-state index contributed by atoms with van der Waals surface area (Å²) in [6, 6.07) is 7.65. The van der Waals surface area contributed by atoms with Crippen LogP contribution in [0, 0.1) is 6.92 Å². The van der Waals surface area contributed by atoms with E-state index in [1.807, 2.05) is 31.2 Å². The lowest BCUT2D eigenvalue weighted by atomic mass is 10.2. The molecule has 0 saturated heterocycles. The van der Waals surface area contributed by atoms with E-state index >= 15 is 0 Å². The number of benzene rings is 1. The summed E-state index contributed by atoms with van der Waals surface area (Å²) in [7, 11) is 0. The molecule has 0 atom stereocenters. The SMILES string of the molecule is CCCCCNc1cc(C)nc(Nc2ccc3c(c2)OCO3)n1. The minimum Gasteiger partial charge on any atom is -0.454 e. The van der Waals surface area contributed by atoms with E-state index in [-0.39, 0.29) is 6.79 Å². The third kappa shape index (κ3) is 4.03. The Morgan fingerprint density at radius 3 is 2.83 bits per heavy atom. The molecule has 0 saturated carbocycles. The van der Waals surface area contributed by atoms with Gasteiger partial charge in [-0.1, -0.05) is 19.8 Å². The molecular formula is C17H22N4O2. The average Bonchev–Trinajstić information content (AvgIpc) is 2.99. The average molecular weight is 314 g/mol. The standard InChI is InChI=1S/C17H22N4O2/c1-3-4-5-8-18-16-9-12(2)19-17(21-16)20-13-6-7-14-15(10-13)23-11-22-14/h6-7,9-10H,3-5,8,11H2,1-2H3,(H2,18,19,20,21). The van der Waals surface area contributed by atoms with E-state index in [1.165, 1.54) is 12.8 Å². The van der Waals surface area contributed by atoms with Crippen molar-refractivity contribution in [3.05, 3.63) is 30.0 Å². The van der Waals surface area contributed by atoms with Gasteiger partial charge in [0.1, 0.15) is 5.82 Å². The summed E-state index contributed by atoms with van der Waals surface area (Å²) in [6.07, 6.45) is 3.57. The van der Waals surface area contributed by atoms with E-state index in [2.05, 4.69) is 27.5 Å². The second kappa shape index (κ2) is 7.17. The number of hydrogen-bond acceptors (Lipinski definition) is 6. The lowest BCUT2D eigenvalue weighted by molar-refractivity contribution is 0.174. The second-order valence-corrected chi connectivity index (χ2v) is 5.55. The minimum absolute atomic E-state index is 0.269. The summed E-state index contributed by atoms with van der Waals surface area (Å²) in [5, 5.41) is 6.57. The van der Waals surface area contributed by atoms with Crippen molar-refractivity contribution >= 4 is 17.5 Å². The summed E-state index contributed by atoms with van der Waals surface area (Å²) >= 11 is 0. The smallest absolute Gasteiger partial charge is 0.231 e. The molecule has 1 aromatic heterocycles. The van der Waals surface area contributed by atoms with Crippen LogP contribution in [0.3, 0.4) is 0 Å². The number of hydrogen-bond donors (Lipinski definition) is 2. The highest BCUT2D eigenvalue weighted by Crippen LogP contribution is 2.34. The molecule has 2 N–H and O–H groups in total. The third-order valence-electron chi connectivity index (χ3n) is 3.57. The number of nitrogens with zero attached hydrogens (tertiary/aromatic N) is 2. The summed E-state index contributed by atoms with van der Waals surface area (Å²) in [5.74, 6) is 2.92. The molecule has 6 nitrogen and oxygen atoms in total. The molecule has 23 heavy (non-hydrogen) atoms. The Bertz CT molecular complexity index is 676. The van der Waals surface area contributed by atoms with E-state index in [1.54, 1.807) is 0 Å². The predicted molar refractivity (Wildman–Crippen MR) is 90.6 cm³/mol. The van der Waals surface area contributed by atoms with Gasteiger partial charge in [0.25, 0.3) is 0 Å². The largest absolute Gasteiger partial charge is 0.454 e. The fourth-order valence-electron chi connectivity index (χ4n) is 2.41. The topological polar surface area (TPSA) is 68.3 Å². The molecule has 0 fully saturated rings. The Labute approximate surface area is 136 Å². The summed E-state index contributed by atoms with van der Waals surface area (Å²) in [5.41, 5.74) is 1.79. The number of unbranched alkanes of at least 4 members (excludes halogenated alkanes) is 2. The van der Waals surface area contributed by atoms with Gasteiger partial charge >= 0.3 is 0 Å². The zero-order valence-electron chi connectivity index (χ0n) is 13.6. The van der Waals surface area contributed by atoms with Crippen LogP contribution in [0.4, 0.5) is 17.5 Å². The molecule has 0 unspecified atom stereocenters. The predicted octanol–water partition coefficient (Wildman–Crippen LogP) is 3.86. The zero-order valence-corrected chi connectivity index (χ0v) is 13.6. The van der Waals surface area contributed by atoms with Crippen molar-refractivity contribution in [3.8, 4) is 11.5 Å². The summed E-state index contributed by atoms with van der Waals surface area (Å²) < 4.78 is 10.7. The number of aromatic nitrogens is 2. The van der Waals surface area contributed by atoms with Crippen molar-refractivity contribution in [1.82, 2.24) is 9.97 Å². The molecule has 0 bridgehead atoms. The van der Waals surface area contributed by atoms with Crippen molar-refractivity contribution in [2.45, 2.75) is 33.1 Å². The van der Waals surface area contributed by atoms with E-state index in [4.69, 9.17) is 9.47 Å². The maximum Gasteiger partial charge on any atom is 0.231 e. The normalized spacial score (nSPS) is 12.3. The quantitative estimate of drug-likeness (QED) is 0.756. The molecule has 0 radical (unpaired) electrons. The Kier molecular flexibility index (Phi) is 4.80. The molecule has 122 valence electrons. The van der Waals surface area contributed by atoms with Gasteiger partial charge in [0.05, 0.1) is 0 Å². The molecule has 1 aromatic carbocycles. The highest BCUT2D eigenvalue weighted by molar-refractivity contribution is 5.61. The number of nitrogens with one attached hydrogen (secondary N) is 2. The van der Waals surface area contributed by atoms with Crippen LogP contribution in [0.2, 0.25) is 0 Å². The monoisotopic (exact) mass is 314 g/mol. The van der Waals surface area contributed by atoms with Gasteiger partial charge in [-0.15, -0.1) is 0 Å². The van der Waals surface area contributed by atoms with E-state index in [0.29, 0.717) is 5.95 Å². The van der Waals surface area contributed by atoms with Gasteiger partial charge < -0.3 is 20.1 Å². The highest BCUT2D eigenvalue weighted by atomic mass is 16.7. The maximum absolute atomic E-state index is 5.38. The number of anilines is 3. The zero-order chi connectivity index (χ0) is 16.1. The number of fused-ring (bicyclic) bond motifs is 1. The molecule has 6 heteroatoms. The first-order valence-corrected chi connectivity index (χ1v) is 8.01. The van der Waals surface area contributed by atoms with Gasteiger partial charge in [0.2, 0.25) is 12.7 Å². The number of ether oxygens (including phenoxy) is 2. The number of rotatable bonds is 7. The van der Waals surface area contributed by atoms with Crippen molar-refractivity contribution in [1.29, 1.82) is 0 Å². The first kappa shape index (κ1) is 15.4. The summed E-state index contributed by atoms with van der Waals surface area (Å²) in [4.78, 5) is 8.95. The lowest BCUT2D eigenvalue weighted by Gasteiger charge is -2.10. The molecule has 2 aromatic rings. The molecule has 0 spiro atoms. The fraction of sp³-hybridized carbons (Fsp3) is 0.412. The van der Waals surface area contributed by atoms with Gasteiger partial charge in [-0.05, 0) is 25.5 Å². The van der Waals surface area contributed by atoms with Crippen LogP contribution in [0.5, 0.6) is 11.5 Å². The van der Waals surface area contributed by atoms with E-state index in [9.17, 15) is 0 Å². The minimum atomic E-state index is 0.269. The van der Waals surface area contributed by atoms with Crippen LogP contribution >= 0.6 is 0 Å². The van der Waals surface area contributed by atoms with Gasteiger partial charge in [-0.2, -0.15) is 4.98 Å². The van der Waals surface area contributed by atoms with Gasteiger partial charge in [0, 0.05) is 30.1 Å². The second-order valence-electron chi connectivity index (χ2n) is 5.55. The molecule has 3 rings (SSSR count). The van der Waals surface area contributed by atoms with Crippen LogP contribution in [0.15, 0.2) is 24.3 Å². The fourth-order valence-corrected chi connectivity index (χ4v) is 2.41. The molecule has 1 aliphatic heterocycles. The van der Waals surface area contributed by atoms with Gasteiger partial charge in [-0.3, -0.25) is 0 Å². The van der Waals surface area contributed by atoms with Crippen molar-refractivity contribution < 1.29 is 9.47 Å². The van der Waals surface area contributed by atoms with Crippen LogP contribution in [-0.4, -0.2) is 23.3 Å². The first-order chi connectivity index (χ1) is 11.2. The Hall–Kier alpha value is -2.50. The van der Waals surface area contributed by atoms with Crippen LogP contribution in [-0.2, 0) is 0 Å². The molecule has 1 aliphatic rings. The van der Waals surface area contributed by atoms with Crippen LogP contribution in [0.25, 0.3) is 0 Å². The van der Waals surface area contributed by atoms with E-state index < -0.39 is 0 Å². The highest BCUT2D eigenvalue weighted by Gasteiger charge is 2.13. The van der Waals surface area contributed by atoms with Crippen molar-refractivity contribution in [2.24, 2.45) is 0 Å². The Morgan fingerprint density at radius 1 is 1.09 bits per heavy atom. The molecule has 2 heterocycles. The summed E-state index contributed by atoms with van der Waals surface area (Å²) in [6.45, 7) is 5.35. The van der Waals surface area contributed by atoms with Crippen LogP contribution < -0.4 is 20.1 Å². The lowest BCUT2D eigenvalue weighted by Crippen LogP contribution is -2.06. The van der Waals surface area contributed by atoms with E-state index in [0.717, 1.165) is 41.7 Å². The molecule has 0 aliphatic carbocycles. The van der Waals surface area contributed by atoms with Gasteiger partial charge in [-0.25, -0.2) is 4.98 Å². The van der Waals surface area contributed by atoms with Crippen LogP contribution in [0.1, 0.15) is 31.9 Å². The Balaban J connectivity index is 1.68. The number of aryl methyl sites for hydroxylation is 1.